The number of amides is 1. The van der Waals surface area contributed by atoms with E-state index in [-0.39, 0.29) is 18.2 Å². The van der Waals surface area contributed by atoms with Crippen LogP contribution >= 0.6 is 0 Å². The highest BCUT2D eigenvalue weighted by Crippen LogP contribution is 2.23. The van der Waals surface area contributed by atoms with Crippen LogP contribution in [-0.2, 0) is 11.3 Å². The number of carbonyl (C=O) groups is 1. The first kappa shape index (κ1) is 16.4. The first-order chi connectivity index (χ1) is 9.45. The Morgan fingerprint density at radius 1 is 1.40 bits per heavy atom. The molecule has 1 atom stereocenters. The van der Waals surface area contributed by atoms with Gasteiger partial charge in [0.1, 0.15) is 0 Å². The van der Waals surface area contributed by atoms with Crippen LogP contribution in [0.3, 0.4) is 0 Å². The molecule has 5 heteroatoms. The zero-order valence-electron chi connectivity index (χ0n) is 12.3. The third-order valence-electron chi connectivity index (χ3n) is 2.95. The van der Waals surface area contributed by atoms with Gasteiger partial charge in [0, 0.05) is 18.7 Å². The molecule has 0 fully saturated rings. The van der Waals surface area contributed by atoms with Crippen LogP contribution in [0.5, 0.6) is 5.75 Å². The van der Waals surface area contributed by atoms with Crippen LogP contribution in [0.25, 0.3) is 0 Å². The topological polar surface area (TPSA) is 64.3 Å². The fourth-order valence-corrected chi connectivity index (χ4v) is 1.70. The van der Waals surface area contributed by atoms with Crippen molar-refractivity contribution < 1.29 is 13.9 Å². The van der Waals surface area contributed by atoms with Gasteiger partial charge in [-0.05, 0) is 25.3 Å². The van der Waals surface area contributed by atoms with Crippen molar-refractivity contribution >= 4 is 5.91 Å². The molecule has 20 heavy (non-hydrogen) atoms. The predicted molar refractivity (Wildman–Crippen MR) is 76.8 cm³/mol. The lowest BCUT2D eigenvalue weighted by atomic mass is 10.1. The Bertz CT molecular complexity index is 449. The summed E-state index contributed by atoms with van der Waals surface area (Å²) in [5, 5.41) is 2.77. The Labute approximate surface area is 119 Å². The fraction of sp³-hybridized carbons (Fsp3) is 0.533. The molecule has 0 aliphatic heterocycles. The number of halogens is 1. The minimum atomic E-state index is -0.760. The molecule has 3 N–H and O–H groups in total. The summed E-state index contributed by atoms with van der Waals surface area (Å²) < 4.78 is 19.1. The van der Waals surface area contributed by atoms with Gasteiger partial charge in [-0.3, -0.25) is 4.79 Å². The molecule has 0 saturated carbocycles. The van der Waals surface area contributed by atoms with E-state index in [0.29, 0.717) is 18.0 Å². The first-order valence-electron chi connectivity index (χ1n) is 6.87. The molecule has 0 saturated heterocycles. The highest BCUT2D eigenvalue weighted by Gasteiger charge is 2.18. The van der Waals surface area contributed by atoms with Crippen LogP contribution in [0, 0.1) is 11.7 Å². The van der Waals surface area contributed by atoms with Crippen molar-refractivity contribution in [3.63, 3.8) is 0 Å². The molecule has 0 aliphatic carbocycles. The minimum absolute atomic E-state index is 0.0570. The second-order valence-electron chi connectivity index (χ2n) is 5.17. The Morgan fingerprint density at radius 2 is 2.10 bits per heavy atom. The second kappa shape index (κ2) is 7.85. The highest BCUT2D eigenvalue weighted by atomic mass is 19.1. The molecular weight excluding hydrogens is 259 g/mol. The maximum Gasteiger partial charge on any atom is 0.260 e. The van der Waals surface area contributed by atoms with Gasteiger partial charge in [-0.2, -0.15) is 0 Å². The third-order valence-corrected chi connectivity index (χ3v) is 2.95. The SMILES string of the molecule is CC(C)CCNC(=O)C(C)Oc1c(F)cccc1CN. The summed E-state index contributed by atoms with van der Waals surface area (Å²) in [7, 11) is 0. The molecular formula is C15H23FN2O2. The number of carbonyl (C=O) groups excluding carboxylic acids is 1. The average molecular weight is 282 g/mol. The Morgan fingerprint density at radius 3 is 2.70 bits per heavy atom. The molecule has 1 rings (SSSR count). The summed E-state index contributed by atoms with van der Waals surface area (Å²) in [4.78, 5) is 11.8. The van der Waals surface area contributed by atoms with Gasteiger partial charge < -0.3 is 15.8 Å². The smallest absolute Gasteiger partial charge is 0.260 e. The minimum Gasteiger partial charge on any atom is -0.477 e. The number of nitrogens with one attached hydrogen (secondary N) is 1. The van der Waals surface area contributed by atoms with Crippen LogP contribution in [0.2, 0.25) is 0 Å². The van der Waals surface area contributed by atoms with Crippen molar-refractivity contribution in [2.45, 2.75) is 39.8 Å². The van der Waals surface area contributed by atoms with Gasteiger partial charge in [0.25, 0.3) is 5.91 Å². The standard InChI is InChI=1S/C15H23FN2O2/c1-10(2)7-8-18-15(19)11(3)20-14-12(9-17)5-4-6-13(14)16/h4-6,10-11H,7-9,17H2,1-3H3,(H,18,19). The number of hydrogen-bond acceptors (Lipinski definition) is 3. The number of hydrogen-bond donors (Lipinski definition) is 2. The van der Waals surface area contributed by atoms with Crippen LogP contribution in [-0.4, -0.2) is 18.6 Å². The number of para-hydroxylation sites is 1. The number of rotatable bonds is 7. The Balaban J connectivity index is 2.61. The van der Waals surface area contributed by atoms with E-state index < -0.39 is 11.9 Å². The van der Waals surface area contributed by atoms with Gasteiger partial charge in [-0.15, -0.1) is 0 Å². The summed E-state index contributed by atoms with van der Waals surface area (Å²) in [5.74, 6) is -0.185. The first-order valence-corrected chi connectivity index (χ1v) is 6.87. The van der Waals surface area contributed by atoms with Crippen LogP contribution in [0.1, 0.15) is 32.8 Å². The summed E-state index contributed by atoms with van der Waals surface area (Å²) in [6.45, 7) is 6.51. The van der Waals surface area contributed by atoms with Crippen LogP contribution in [0.15, 0.2) is 18.2 Å². The van der Waals surface area contributed by atoms with Crippen molar-refractivity contribution in [1.82, 2.24) is 5.32 Å². The van der Waals surface area contributed by atoms with Gasteiger partial charge in [0.15, 0.2) is 17.7 Å². The van der Waals surface area contributed by atoms with Gasteiger partial charge in [-0.1, -0.05) is 26.0 Å². The predicted octanol–water partition coefficient (Wildman–Crippen LogP) is 2.21. The molecule has 0 spiro atoms. The highest BCUT2D eigenvalue weighted by molar-refractivity contribution is 5.80. The van der Waals surface area contributed by atoms with E-state index in [2.05, 4.69) is 19.2 Å². The molecule has 1 amide bonds. The summed E-state index contributed by atoms with van der Waals surface area (Å²) in [6, 6.07) is 4.54. The van der Waals surface area contributed by atoms with Crippen molar-refractivity contribution in [3.8, 4) is 5.75 Å². The Kier molecular flexibility index (Phi) is 6.45. The Hall–Kier alpha value is -1.62. The average Bonchev–Trinajstić information content (AvgIpc) is 2.40. The largest absolute Gasteiger partial charge is 0.477 e. The molecule has 0 aromatic heterocycles. The zero-order chi connectivity index (χ0) is 15.1. The molecule has 0 bridgehead atoms. The van der Waals surface area contributed by atoms with E-state index in [1.165, 1.54) is 6.07 Å². The molecule has 1 aromatic carbocycles. The van der Waals surface area contributed by atoms with Gasteiger partial charge in [-0.25, -0.2) is 4.39 Å². The van der Waals surface area contributed by atoms with Crippen molar-refractivity contribution in [3.05, 3.63) is 29.6 Å². The summed E-state index contributed by atoms with van der Waals surface area (Å²) >= 11 is 0. The van der Waals surface area contributed by atoms with Crippen molar-refractivity contribution in [2.75, 3.05) is 6.54 Å². The van der Waals surface area contributed by atoms with E-state index in [0.717, 1.165) is 6.42 Å². The van der Waals surface area contributed by atoms with Gasteiger partial charge in [0.2, 0.25) is 0 Å². The molecule has 0 radical (unpaired) electrons. The van der Waals surface area contributed by atoms with E-state index in [1.54, 1.807) is 19.1 Å². The van der Waals surface area contributed by atoms with E-state index >= 15 is 0 Å². The van der Waals surface area contributed by atoms with Crippen LogP contribution < -0.4 is 15.8 Å². The quantitative estimate of drug-likeness (QED) is 0.806. The van der Waals surface area contributed by atoms with Gasteiger partial charge >= 0.3 is 0 Å². The molecule has 0 aliphatic rings. The molecule has 4 nitrogen and oxygen atoms in total. The lowest BCUT2D eigenvalue weighted by molar-refractivity contribution is -0.127. The number of ether oxygens (including phenoxy) is 1. The second-order valence-corrected chi connectivity index (χ2v) is 5.17. The normalized spacial score (nSPS) is 12.3. The zero-order valence-corrected chi connectivity index (χ0v) is 12.3. The van der Waals surface area contributed by atoms with Gasteiger partial charge in [0.05, 0.1) is 0 Å². The summed E-state index contributed by atoms with van der Waals surface area (Å²) in [5.41, 5.74) is 6.09. The lowest BCUT2D eigenvalue weighted by Gasteiger charge is -2.17. The third kappa shape index (κ3) is 4.81. The number of benzene rings is 1. The lowest BCUT2D eigenvalue weighted by Crippen LogP contribution is -2.37. The van der Waals surface area contributed by atoms with E-state index in [1.807, 2.05) is 0 Å². The summed E-state index contributed by atoms with van der Waals surface area (Å²) in [6.07, 6.45) is 0.135. The van der Waals surface area contributed by atoms with Crippen molar-refractivity contribution in [2.24, 2.45) is 11.7 Å². The maximum atomic E-state index is 13.7. The molecule has 1 aromatic rings. The number of nitrogens with two attached hydrogens (primary N) is 1. The maximum absolute atomic E-state index is 13.7. The molecule has 1 unspecified atom stereocenters. The fourth-order valence-electron chi connectivity index (χ4n) is 1.70. The van der Waals surface area contributed by atoms with Crippen LogP contribution in [0.4, 0.5) is 4.39 Å². The van der Waals surface area contributed by atoms with Crippen molar-refractivity contribution in [1.29, 1.82) is 0 Å². The molecule has 0 heterocycles. The van der Waals surface area contributed by atoms with E-state index in [4.69, 9.17) is 10.5 Å². The monoisotopic (exact) mass is 282 g/mol. The van der Waals surface area contributed by atoms with E-state index in [9.17, 15) is 9.18 Å². The molecule has 112 valence electrons.